The molecule has 0 bridgehead atoms. The van der Waals surface area contributed by atoms with Crippen LogP contribution in [0, 0.1) is 17.3 Å². The van der Waals surface area contributed by atoms with Crippen LogP contribution < -0.4 is 0 Å². The molecule has 0 saturated carbocycles. The molecule has 0 heteroatoms. The van der Waals surface area contributed by atoms with Crippen molar-refractivity contribution in [1.29, 1.82) is 0 Å². The van der Waals surface area contributed by atoms with Crippen LogP contribution in [-0.2, 0) is 0 Å². The second-order valence-corrected chi connectivity index (χ2v) is 16.1. The zero-order chi connectivity index (χ0) is 30.5. The molecule has 0 radical (unpaired) electrons. The van der Waals surface area contributed by atoms with E-state index in [1.54, 1.807) is 44.5 Å². The summed E-state index contributed by atoms with van der Waals surface area (Å²) in [6.07, 6.45) is 7.64. The minimum atomic E-state index is 0.0381. The SMILES string of the molecule is CC(C)CC1=Cc2c(C(C)C)ccc(C(C)C)c2C1C(C)(C)C1C(CC(C)C)=Cc2c(C(C)C)ccc(C(C)C)c21. The fourth-order valence-electron chi connectivity index (χ4n) is 8.39. The van der Waals surface area contributed by atoms with Crippen LogP contribution in [0.1, 0.15) is 190 Å². The molecule has 2 aromatic rings. The first-order chi connectivity index (χ1) is 19.1. The Morgan fingerprint density at radius 1 is 0.488 bits per heavy atom. The standard InChI is InChI=1S/C41H60/c1-23(2)19-29-21-35-31(25(5)6)15-17-33(27(9)10)37(35)39(29)41(13,14)40-30(20-24(3)4)22-36-32(26(7)8)16-18-34(28(11)12)38(36)40/h15-18,21-28,39-40H,19-20H2,1-14H3. The van der Waals surface area contributed by atoms with E-state index in [2.05, 4.69) is 133 Å². The van der Waals surface area contributed by atoms with Crippen molar-refractivity contribution >= 4 is 12.2 Å². The van der Waals surface area contributed by atoms with Crippen LogP contribution in [-0.4, -0.2) is 0 Å². The maximum atomic E-state index is 2.65. The van der Waals surface area contributed by atoms with Crippen molar-refractivity contribution in [1.82, 2.24) is 0 Å². The summed E-state index contributed by atoms with van der Waals surface area (Å²) in [6, 6.07) is 9.85. The Morgan fingerprint density at radius 2 is 0.780 bits per heavy atom. The van der Waals surface area contributed by atoms with Crippen molar-refractivity contribution in [3.05, 3.63) is 79.9 Å². The molecule has 2 aliphatic carbocycles. The molecule has 0 aliphatic heterocycles. The van der Waals surface area contributed by atoms with E-state index in [9.17, 15) is 0 Å². The first-order valence-corrected chi connectivity index (χ1v) is 16.8. The average Bonchev–Trinajstić information content (AvgIpc) is 3.40. The summed E-state index contributed by atoms with van der Waals surface area (Å²) in [5.74, 6) is 4.18. The largest absolute Gasteiger partial charge is 0.0625 e. The zero-order valence-corrected chi connectivity index (χ0v) is 29.0. The van der Waals surface area contributed by atoms with E-state index >= 15 is 0 Å². The molecular formula is C41H60. The summed E-state index contributed by atoms with van der Waals surface area (Å²) in [6.45, 7) is 34.0. The summed E-state index contributed by atoms with van der Waals surface area (Å²) in [7, 11) is 0. The smallest absolute Gasteiger partial charge is 0.0121 e. The quantitative estimate of drug-likeness (QED) is 0.275. The van der Waals surface area contributed by atoms with Crippen molar-refractivity contribution in [2.45, 2.75) is 145 Å². The van der Waals surface area contributed by atoms with Crippen LogP contribution in [0.4, 0.5) is 0 Å². The maximum Gasteiger partial charge on any atom is 0.0121 e. The van der Waals surface area contributed by atoms with E-state index in [0.29, 0.717) is 47.3 Å². The molecule has 0 aromatic heterocycles. The molecule has 0 nitrogen and oxygen atoms in total. The lowest BCUT2D eigenvalue weighted by atomic mass is 9.59. The van der Waals surface area contributed by atoms with Crippen molar-refractivity contribution < 1.29 is 0 Å². The Labute approximate surface area is 254 Å². The topological polar surface area (TPSA) is 0 Å². The maximum absolute atomic E-state index is 2.65. The molecule has 0 amide bonds. The monoisotopic (exact) mass is 552 g/mol. The first kappa shape index (κ1) is 31.8. The molecule has 41 heavy (non-hydrogen) atoms. The van der Waals surface area contributed by atoms with Gasteiger partial charge in [-0.1, -0.05) is 144 Å². The number of benzene rings is 2. The Hall–Kier alpha value is -2.08. The van der Waals surface area contributed by atoms with Gasteiger partial charge in [-0.05, 0) is 98.3 Å². The number of hydrogen-bond donors (Lipinski definition) is 0. The molecule has 2 aromatic carbocycles. The number of hydrogen-bond acceptors (Lipinski definition) is 0. The van der Waals surface area contributed by atoms with Crippen LogP contribution in [0.3, 0.4) is 0 Å². The highest BCUT2D eigenvalue weighted by atomic mass is 14.5. The van der Waals surface area contributed by atoms with Gasteiger partial charge in [0.15, 0.2) is 0 Å². The van der Waals surface area contributed by atoms with Gasteiger partial charge in [0.2, 0.25) is 0 Å². The average molecular weight is 553 g/mol. The summed E-state index contributed by atoms with van der Waals surface area (Å²) < 4.78 is 0. The molecule has 0 fully saturated rings. The van der Waals surface area contributed by atoms with Crippen molar-refractivity contribution in [3.63, 3.8) is 0 Å². The van der Waals surface area contributed by atoms with E-state index < -0.39 is 0 Å². The molecule has 4 rings (SSSR count). The lowest BCUT2D eigenvalue weighted by molar-refractivity contribution is 0.261. The van der Waals surface area contributed by atoms with Crippen LogP contribution in [0.2, 0.25) is 0 Å². The van der Waals surface area contributed by atoms with Crippen LogP contribution in [0.25, 0.3) is 12.2 Å². The Bertz CT molecular complexity index is 1220. The number of allylic oxidation sites excluding steroid dienone is 2. The zero-order valence-electron chi connectivity index (χ0n) is 29.0. The van der Waals surface area contributed by atoms with Crippen LogP contribution >= 0.6 is 0 Å². The third-order valence-electron chi connectivity index (χ3n) is 9.95. The lowest BCUT2D eigenvalue weighted by Crippen LogP contribution is -2.32. The number of fused-ring (bicyclic) bond motifs is 2. The molecule has 2 atom stereocenters. The third kappa shape index (κ3) is 5.79. The fraction of sp³-hybridized carbons (Fsp3) is 0.610. The van der Waals surface area contributed by atoms with Crippen molar-refractivity contribution in [2.75, 3.05) is 0 Å². The van der Waals surface area contributed by atoms with E-state index in [1.807, 2.05) is 0 Å². The molecule has 2 aliphatic rings. The highest BCUT2D eigenvalue weighted by Crippen LogP contribution is 2.62. The molecule has 0 N–H and O–H groups in total. The van der Waals surface area contributed by atoms with E-state index in [1.165, 1.54) is 24.0 Å². The predicted molar refractivity (Wildman–Crippen MR) is 183 cm³/mol. The van der Waals surface area contributed by atoms with Gasteiger partial charge in [0, 0.05) is 11.8 Å². The van der Waals surface area contributed by atoms with Gasteiger partial charge in [-0.2, -0.15) is 0 Å². The third-order valence-corrected chi connectivity index (χ3v) is 9.95. The predicted octanol–water partition coefficient (Wildman–Crippen LogP) is 13.0. The van der Waals surface area contributed by atoms with E-state index in [-0.39, 0.29) is 5.41 Å². The Kier molecular flexibility index (Phi) is 9.24. The Morgan fingerprint density at radius 3 is 1.05 bits per heavy atom. The van der Waals surface area contributed by atoms with E-state index in [4.69, 9.17) is 0 Å². The summed E-state index contributed by atoms with van der Waals surface area (Å²) in [5, 5.41) is 0. The molecular weight excluding hydrogens is 492 g/mol. The highest BCUT2D eigenvalue weighted by molar-refractivity contribution is 5.76. The van der Waals surface area contributed by atoms with Gasteiger partial charge in [0.25, 0.3) is 0 Å². The van der Waals surface area contributed by atoms with Crippen LogP contribution in [0.15, 0.2) is 35.4 Å². The summed E-state index contributed by atoms with van der Waals surface area (Å²) >= 11 is 0. The molecule has 0 heterocycles. The second-order valence-electron chi connectivity index (χ2n) is 16.1. The minimum Gasteiger partial charge on any atom is -0.0625 e. The summed E-state index contributed by atoms with van der Waals surface area (Å²) in [5.41, 5.74) is 15.9. The van der Waals surface area contributed by atoms with Gasteiger partial charge in [-0.15, -0.1) is 0 Å². The molecule has 224 valence electrons. The fourth-order valence-corrected chi connectivity index (χ4v) is 8.39. The van der Waals surface area contributed by atoms with Gasteiger partial charge in [-0.3, -0.25) is 0 Å². The lowest BCUT2D eigenvalue weighted by Gasteiger charge is -2.44. The van der Waals surface area contributed by atoms with Gasteiger partial charge in [0.1, 0.15) is 0 Å². The highest BCUT2D eigenvalue weighted by Gasteiger charge is 2.49. The number of rotatable bonds is 10. The summed E-state index contributed by atoms with van der Waals surface area (Å²) in [4.78, 5) is 0. The Balaban J connectivity index is 2.05. The first-order valence-electron chi connectivity index (χ1n) is 16.8. The van der Waals surface area contributed by atoms with Crippen molar-refractivity contribution in [2.24, 2.45) is 17.3 Å². The minimum absolute atomic E-state index is 0.0381. The van der Waals surface area contributed by atoms with Gasteiger partial charge >= 0.3 is 0 Å². The normalized spacial score (nSPS) is 18.8. The van der Waals surface area contributed by atoms with E-state index in [0.717, 1.165) is 0 Å². The van der Waals surface area contributed by atoms with Crippen LogP contribution in [0.5, 0.6) is 0 Å². The van der Waals surface area contributed by atoms with Gasteiger partial charge < -0.3 is 0 Å². The van der Waals surface area contributed by atoms with Gasteiger partial charge in [0.05, 0.1) is 0 Å². The van der Waals surface area contributed by atoms with Crippen molar-refractivity contribution in [3.8, 4) is 0 Å². The van der Waals surface area contributed by atoms with Gasteiger partial charge in [-0.25, -0.2) is 0 Å². The molecule has 0 spiro atoms. The second kappa shape index (κ2) is 11.9. The molecule has 2 unspecified atom stereocenters. The molecule has 0 saturated heterocycles.